The maximum absolute atomic E-state index is 12.0. The lowest BCUT2D eigenvalue weighted by Crippen LogP contribution is -2.12. The highest BCUT2D eigenvalue weighted by molar-refractivity contribution is 6.05. The molecule has 4 nitrogen and oxygen atoms in total. The standard InChI is InChI=1S/C15H9N3O/c16-9-11-4-3-6-12(8-11)15(19)18-14-7-2-1-5-13(14)10-17/h1-8H,(H,18,19). The van der Waals surface area contributed by atoms with Crippen LogP contribution in [0.25, 0.3) is 0 Å². The largest absolute Gasteiger partial charge is 0.321 e. The van der Waals surface area contributed by atoms with Crippen molar-refractivity contribution in [3.63, 3.8) is 0 Å². The lowest BCUT2D eigenvalue weighted by molar-refractivity contribution is 0.102. The van der Waals surface area contributed by atoms with Gasteiger partial charge in [0.25, 0.3) is 5.91 Å². The van der Waals surface area contributed by atoms with Crippen LogP contribution in [-0.4, -0.2) is 5.91 Å². The quantitative estimate of drug-likeness (QED) is 0.886. The Labute approximate surface area is 110 Å². The van der Waals surface area contributed by atoms with E-state index in [4.69, 9.17) is 10.5 Å². The number of rotatable bonds is 2. The monoisotopic (exact) mass is 247 g/mol. The molecule has 0 aliphatic rings. The average Bonchev–Trinajstić information content (AvgIpc) is 2.47. The summed E-state index contributed by atoms with van der Waals surface area (Å²) in [5, 5.41) is 20.4. The predicted octanol–water partition coefficient (Wildman–Crippen LogP) is 2.68. The molecule has 0 aromatic heterocycles. The molecule has 0 bridgehead atoms. The van der Waals surface area contributed by atoms with Crippen molar-refractivity contribution in [1.29, 1.82) is 10.5 Å². The molecule has 1 N–H and O–H groups in total. The first kappa shape index (κ1) is 12.3. The lowest BCUT2D eigenvalue weighted by atomic mass is 10.1. The van der Waals surface area contributed by atoms with Gasteiger partial charge in [-0.15, -0.1) is 0 Å². The number of benzene rings is 2. The predicted molar refractivity (Wildman–Crippen MR) is 70.3 cm³/mol. The molecule has 0 aliphatic carbocycles. The second kappa shape index (κ2) is 5.48. The molecule has 90 valence electrons. The molecule has 0 spiro atoms. The molecule has 2 rings (SSSR count). The Morgan fingerprint density at radius 3 is 2.53 bits per heavy atom. The Balaban J connectivity index is 2.27. The van der Waals surface area contributed by atoms with Gasteiger partial charge in [0.1, 0.15) is 6.07 Å². The summed E-state index contributed by atoms with van der Waals surface area (Å²) in [6.07, 6.45) is 0. The van der Waals surface area contributed by atoms with E-state index in [0.29, 0.717) is 22.4 Å². The van der Waals surface area contributed by atoms with Gasteiger partial charge in [-0.2, -0.15) is 10.5 Å². The number of nitrogens with one attached hydrogen (secondary N) is 1. The molecule has 2 aromatic rings. The van der Waals surface area contributed by atoms with Crippen molar-refractivity contribution in [2.75, 3.05) is 5.32 Å². The fraction of sp³-hybridized carbons (Fsp3) is 0. The van der Waals surface area contributed by atoms with E-state index < -0.39 is 0 Å². The van der Waals surface area contributed by atoms with Crippen LogP contribution in [0.1, 0.15) is 21.5 Å². The third-order valence-corrected chi connectivity index (χ3v) is 2.55. The van der Waals surface area contributed by atoms with Crippen LogP contribution in [-0.2, 0) is 0 Å². The first-order valence-corrected chi connectivity index (χ1v) is 5.55. The van der Waals surface area contributed by atoms with E-state index in [9.17, 15) is 4.79 Å². The van der Waals surface area contributed by atoms with E-state index >= 15 is 0 Å². The Morgan fingerprint density at radius 2 is 1.79 bits per heavy atom. The van der Waals surface area contributed by atoms with Crippen LogP contribution in [0.4, 0.5) is 5.69 Å². The van der Waals surface area contributed by atoms with Gasteiger partial charge in [0.2, 0.25) is 0 Å². The second-order valence-corrected chi connectivity index (χ2v) is 3.80. The molecule has 2 aromatic carbocycles. The van der Waals surface area contributed by atoms with Crippen molar-refractivity contribution in [1.82, 2.24) is 0 Å². The van der Waals surface area contributed by atoms with Gasteiger partial charge in [-0.3, -0.25) is 4.79 Å². The molecule has 0 atom stereocenters. The molecule has 0 aliphatic heterocycles. The molecule has 0 unspecified atom stereocenters. The third-order valence-electron chi connectivity index (χ3n) is 2.55. The summed E-state index contributed by atoms with van der Waals surface area (Å²) in [6.45, 7) is 0. The zero-order chi connectivity index (χ0) is 13.7. The number of hydrogen-bond donors (Lipinski definition) is 1. The SMILES string of the molecule is N#Cc1cccc(C(=O)Nc2ccccc2C#N)c1. The minimum absolute atomic E-state index is 0.347. The highest BCUT2D eigenvalue weighted by atomic mass is 16.1. The molecule has 0 fully saturated rings. The fourth-order valence-corrected chi connectivity index (χ4v) is 1.61. The number of nitriles is 2. The van der Waals surface area contributed by atoms with E-state index in [2.05, 4.69) is 5.32 Å². The van der Waals surface area contributed by atoms with E-state index in [1.165, 1.54) is 6.07 Å². The highest BCUT2D eigenvalue weighted by Gasteiger charge is 2.09. The second-order valence-electron chi connectivity index (χ2n) is 3.80. The number of para-hydroxylation sites is 1. The average molecular weight is 247 g/mol. The minimum atomic E-state index is -0.347. The van der Waals surface area contributed by atoms with Gasteiger partial charge in [-0.05, 0) is 30.3 Å². The summed E-state index contributed by atoms with van der Waals surface area (Å²) in [5.74, 6) is -0.347. The molecule has 0 saturated carbocycles. The van der Waals surface area contributed by atoms with Crippen molar-refractivity contribution < 1.29 is 4.79 Å². The summed E-state index contributed by atoms with van der Waals surface area (Å²) in [5.41, 5.74) is 1.65. The summed E-state index contributed by atoms with van der Waals surface area (Å²) in [7, 11) is 0. The van der Waals surface area contributed by atoms with Crippen molar-refractivity contribution in [2.24, 2.45) is 0 Å². The van der Waals surface area contributed by atoms with E-state index in [1.807, 2.05) is 12.1 Å². The molecule has 0 heterocycles. The van der Waals surface area contributed by atoms with E-state index in [0.717, 1.165) is 0 Å². The van der Waals surface area contributed by atoms with E-state index in [-0.39, 0.29) is 5.91 Å². The van der Waals surface area contributed by atoms with Gasteiger partial charge < -0.3 is 5.32 Å². The number of nitrogens with zero attached hydrogens (tertiary/aromatic N) is 2. The Bertz CT molecular complexity index is 708. The molecule has 0 saturated heterocycles. The van der Waals surface area contributed by atoms with Crippen LogP contribution in [0.3, 0.4) is 0 Å². The van der Waals surface area contributed by atoms with E-state index in [1.54, 1.807) is 42.5 Å². The van der Waals surface area contributed by atoms with Gasteiger partial charge >= 0.3 is 0 Å². The van der Waals surface area contributed by atoms with Crippen molar-refractivity contribution in [3.05, 3.63) is 65.2 Å². The number of anilines is 1. The zero-order valence-electron chi connectivity index (χ0n) is 9.92. The maximum atomic E-state index is 12.0. The van der Waals surface area contributed by atoms with Crippen LogP contribution in [0.2, 0.25) is 0 Å². The molecular formula is C15H9N3O. The number of amides is 1. The number of carbonyl (C=O) groups excluding carboxylic acids is 1. The lowest BCUT2D eigenvalue weighted by Gasteiger charge is -2.06. The topological polar surface area (TPSA) is 76.7 Å². The fourth-order valence-electron chi connectivity index (χ4n) is 1.61. The Morgan fingerprint density at radius 1 is 1.00 bits per heavy atom. The first-order valence-electron chi connectivity index (χ1n) is 5.55. The molecule has 1 amide bonds. The number of hydrogen-bond acceptors (Lipinski definition) is 3. The molecule has 0 radical (unpaired) electrons. The first-order chi connectivity index (χ1) is 9.24. The Hall–Kier alpha value is -3.11. The minimum Gasteiger partial charge on any atom is -0.321 e. The normalized spacial score (nSPS) is 9.16. The van der Waals surface area contributed by atoms with Crippen LogP contribution in [0, 0.1) is 22.7 Å². The third kappa shape index (κ3) is 2.77. The number of carbonyl (C=O) groups is 1. The summed E-state index contributed by atoms with van der Waals surface area (Å²) >= 11 is 0. The summed E-state index contributed by atoms with van der Waals surface area (Å²) in [4.78, 5) is 12.0. The summed E-state index contributed by atoms with van der Waals surface area (Å²) in [6, 6.07) is 17.1. The van der Waals surface area contributed by atoms with Gasteiger partial charge in [0, 0.05) is 5.56 Å². The maximum Gasteiger partial charge on any atom is 0.255 e. The van der Waals surface area contributed by atoms with Crippen LogP contribution in [0.15, 0.2) is 48.5 Å². The smallest absolute Gasteiger partial charge is 0.255 e. The van der Waals surface area contributed by atoms with Crippen molar-refractivity contribution >= 4 is 11.6 Å². The summed E-state index contributed by atoms with van der Waals surface area (Å²) < 4.78 is 0. The van der Waals surface area contributed by atoms with Crippen molar-refractivity contribution in [3.8, 4) is 12.1 Å². The molecular weight excluding hydrogens is 238 g/mol. The molecule has 4 heteroatoms. The zero-order valence-corrected chi connectivity index (χ0v) is 9.92. The highest BCUT2D eigenvalue weighted by Crippen LogP contribution is 2.15. The van der Waals surface area contributed by atoms with Gasteiger partial charge in [-0.1, -0.05) is 18.2 Å². The van der Waals surface area contributed by atoms with Crippen LogP contribution >= 0.6 is 0 Å². The van der Waals surface area contributed by atoms with Gasteiger partial charge in [0.15, 0.2) is 0 Å². The van der Waals surface area contributed by atoms with Gasteiger partial charge in [0.05, 0.1) is 22.9 Å². The van der Waals surface area contributed by atoms with Crippen LogP contribution < -0.4 is 5.32 Å². The van der Waals surface area contributed by atoms with Gasteiger partial charge in [-0.25, -0.2) is 0 Å². The Kier molecular flexibility index (Phi) is 3.56. The van der Waals surface area contributed by atoms with Crippen molar-refractivity contribution in [2.45, 2.75) is 0 Å². The van der Waals surface area contributed by atoms with Crippen LogP contribution in [0.5, 0.6) is 0 Å². The molecule has 19 heavy (non-hydrogen) atoms.